The third-order valence-corrected chi connectivity index (χ3v) is 4.64. The summed E-state index contributed by atoms with van der Waals surface area (Å²) in [6, 6.07) is 0. The Kier molecular flexibility index (Phi) is 6.89. The highest BCUT2D eigenvalue weighted by Crippen LogP contribution is 2.15. The Hall–Kier alpha value is -0.690. The van der Waals surface area contributed by atoms with Gasteiger partial charge in [0.2, 0.25) is 0 Å². The molecule has 2 heterocycles. The highest BCUT2D eigenvalue weighted by Gasteiger charge is 2.21. The molecular weight excluding hydrogens is 268 g/mol. The first-order chi connectivity index (χ1) is 10.1. The molecule has 6 nitrogen and oxygen atoms in total. The van der Waals surface area contributed by atoms with Gasteiger partial charge in [-0.15, -0.1) is 0 Å². The van der Waals surface area contributed by atoms with Crippen LogP contribution in [-0.4, -0.2) is 98.3 Å². The van der Waals surface area contributed by atoms with Crippen molar-refractivity contribution in [2.24, 2.45) is 5.92 Å². The lowest BCUT2D eigenvalue weighted by Gasteiger charge is -2.36. The topological polar surface area (TPSA) is 59.0 Å². The normalized spacial score (nSPS) is 26.0. The molecule has 0 aliphatic carbocycles. The van der Waals surface area contributed by atoms with Crippen LogP contribution in [0.4, 0.5) is 0 Å². The second-order valence-corrected chi connectivity index (χ2v) is 6.48. The van der Waals surface area contributed by atoms with Gasteiger partial charge in [-0.2, -0.15) is 0 Å². The molecule has 2 N–H and O–H groups in total. The molecule has 2 saturated heterocycles. The Labute approximate surface area is 128 Å². The first-order valence-corrected chi connectivity index (χ1v) is 8.19. The Morgan fingerprint density at radius 1 is 1.14 bits per heavy atom. The number of piperidine rings is 1. The van der Waals surface area contributed by atoms with Gasteiger partial charge in [-0.05, 0) is 38.9 Å². The fourth-order valence-electron chi connectivity index (χ4n) is 3.26. The fourth-order valence-corrected chi connectivity index (χ4v) is 3.26. The largest absolute Gasteiger partial charge is 0.480 e. The van der Waals surface area contributed by atoms with E-state index >= 15 is 0 Å². The molecule has 0 aromatic carbocycles. The van der Waals surface area contributed by atoms with E-state index in [2.05, 4.69) is 27.1 Å². The predicted molar refractivity (Wildman–Crippen MR) is 83.6 cm³/mol. The van der Waals surface area contributed by atoms with E-state index in [4.69, 9.17) is 5.11 Å². The lowest BCUT2D eigenvalue weighted by atomic mass is 9.98. The fraction of sp³-hybridized carbons (Fsp3) is 0.933. The zero-order valence-electron chi connectivity index (χ0n) is 13.3. The SMILES string of the molecule is CN1CCN(CCN2CCCC(CNCC(=O)O)C2)CC1. The summed E-state index contributed by atoms with van der Waals surface area (Å²) >= 11 is 0. The van der Waals surface area contributed by atoms with Crippen LogP contribution in [0.15, 0.2) is 0 Å². The Morgan fingerprint density at radius 2 is 1.86 bits per heavy atom. The number of aliphatic carboxylic acids is 1. The molecule has 2 rings (SSSR count). The number of piperazine rings is 1. The standard InChI is InChI=1S/C15H30N4O2/c1-17-5-7-18(8-6-17)9-10-19-4-2-3-14(13-19)11-16-12-15(20)21/h14,16H,2-13H2,1H3,(H,20,21). The van der Waals surface area contributed by atoms with Crippen LogP contribution in [0.3, 0.4) is 0 Å². The van der Waals surface area contributed by atoms with E-state index in [1.807, 2.05) is 0 Å². The van der Waals surface area contributed by atoms with Crippen LogP contribution in [0.2, 0.25) is 0 Å². The van der Waals surface area contributed by atoms with E-state index in [0.717, 1.165) is 19.6 Å². The molecule has 0 aromatic heterocycles. The summed E-state index contributed by atoms with van der Waals surface area (Å²) in [5.74, 6) is -0.164. The Balaban J connectivity index is 1.61. The molecule has 122 valence electrons. The second kappa shape index (κ2) is 8.68. The molecule has 0 spiro atoms. The number of carbonyl (C=O) groups is 1. The molecule has 0 saturated carbocycles. The summed E-state index contributed by atoms with van der Waals surface area (Å²) in [5.41, 5.74) is 0. The monoisotopic (exact) mass is 298 g/mol. The summed E-state index contributed by atoms with van der Waals surface area (Å²) in [6.45, 7) is 10.3. The minimum atomic E-state index is -0.766. The van der Waals surface area contributed by atoms with Crippen LogP contribution in [0.5, 0.6) is 0 Å². The average molecular weight is 298 g/mol. The summed E-state index contributed by atoms with van der Waals surface area (Å²) in [6.07, 6.45) is 2.46. The molecule has 0 aromatic rings. The van der Waals surface area contributed by atoms with E-state index in [1.54, 1.807) is 0 Å². The molecular formula is C15H30N4O2. The number of likely N-dealkylation sites (N-methyl/N-ethyl adjacent to an activating group) is 1. The van der Waals surface area contributed by atoms with Crippen molar-refractivity contribution in [3.8, 4) is 0 Å². The summed E-state index contributed by atoms with van der Waals surface area (Å²) in [4.78, 5) is 18.0. The van der Waals surface area contributed by atoms with Crippen molar-refractivity contribution in [3.63, 3.8) is 0 Å². The van der Waals surface area contributed by atoms with Gasteiger partial charge < -0.3 is 20.2 Å². The Morgan fingerprint density at radius 3 is 2.57 bits per heavy atom. The lowest BCUT2D eigenvalue weighted by Crippen LogP contribution is -2.48. The van der Waals surface area contributed by atoms with Crippen molar-refractivity contribution in [3.05, 3.63) is 0 Å². The van der Waals surface area contributed by atoms with Gasteiger partial charge in [-0.3, -0.25) is 9.69 Å². The summed E-state index contributed by atoms with van der Waals surface area (Å²) < 4.78 is 0. The van der Waals surface area contributed by atoms with Crippen LogP contribution in [0, 0.1) is 5.92 Å². The highest BCUT2D eigenvalue weighted by molar-refractivity contribution is 5.68. The van der Waals surface area contributed by atoms with Crippen LogP contribution < -0.4 is 5.32 Å². The first-order valence-electron chi connectivity index (χ1n) is 8.19. The Bertz CT molecular complexity index is 319. The maximum atomic E-state index is 10.5. The minimum Gasteiger partial charge on any atom is -0.480 e. The van der Waals surface area contributed by atoms with E-state index < -0.39 is 5.97 Å². The number of nitrogens with zero attached hydrogens (tertiary/aromatic N) is 3. The van der Waals surface area contributed by atoms with Gasteiger partial charge in [-0.1, -0.05) is 0 Å². The van der Waals surface area contributed by atoms with Crippen molar-refractivity contribution in [2.75, 3.05) is 72.5 Å². The van der Waals surface area contributed by atoms with Gasteiger partial charge in [0.1, 0.15) is 0 Å². The molecule has 1 atom stereocenters. The van der Waals surface area contributed by atoms with Gasteiger partial charge in [0.15, 0.2) is 0 Å². The minimum absolute atomic E-state index is 0.0811. The summed E-state index contributed by atoms with van der Waals surface area (Å²) in [7, 11) is 2.19. The maximum Gasteiger partial charge on any atom is 0.317 e. The van der Waals surface area contributed by atoms with E-state index in [-0.39, 0.29) is 6.54 Å². The number of likely N-dealkylation sites (tertiary alicyclic amines) is 1. The molecule has 0 radical (unpaired) electrons. The van der Waals surface area contributed by atoms with Gasteiger partial charge in [0, 0.05) is 45.8 Å². The van der Waals surface area contributed by atoms with Crippen molar-refractivity contribution in [1.82, 2.24) is 20.0 Å². The molecule has 0 bridgehead atoms. The third-order valence-electron chi connectivity index (χ3n) is 4.64. The average Bonchev–Trinajstić information content (AvgIpc) is 2.47. The molecule has 2 aliphatic rings. The second-order valence-electron chi connectivity index (χ2n) is 6.48. The van der Waals surface area contributed by atoms with Crippen LogP contribution in [-0.2, 0) is 4.79 Å². The lowest BCUT2D eigenvalue weighted by molar-refractivity contribution is -0.136. The van der Waals surface area contributed by atoms with Crippen molar-refractivity contribution < 1.29 is 9.90 Å². The van der Waals surface area contributed by atoms with Gasteiger partial charge in [-0.25, -0.2) is 0 Å². The van der Waals surface area contributed by atoms with E-state index in [1.165, 1.54) is 52.1 Å². The molecule has 1 unspecified atom stereocenters. The molecule has 21 heavy (non-hydrogen) atoms. The highest BCUT2D eigenvalue weighted by atomic mass is 16.4. The van der Waals surface area contributed by atoms with Crippen LogP contribution in [0.1, 0.15) is 12.8 Å². The molecule has 6 heteroatoms. The van der Waals surface area contributed by atoms with E-state index in [9.17, 15) is 4.79 Å². The first kappa shape index (κ1) is 16.7. The number of hydrogen-bond donors (Lipinski definition) is 2. The zero-order chi connectivity index (χ0) is 15.1. The number of rotatable bonds is 7. The van der Waals surface area contributed by atoms with Crippen molar-refractivity contribution in [1.29, 1.82) is 0 Å². The van der Waals surface area contributed by atoms with Gasteiger partial charge in [0.05, 0.1) is 6.54 Å². The van der Waals surface area contributed by atoms with E-state index in [0.29, 0.717) is 5.92 Å². The number of nitrogens with one attached hydrogen (secondary N) is 1. The van der Waals surface area contributed by atoms with Crippen LogP contribution >= 0.6 is 0 Å². The molecule has 2 aliphatic heterocycles. The maximum absolute atomic E-state index is 10.5. The quantitative estimate of drug-likeness (QED) is 0.668. The van der Waals surface area contributed by atoms with Crippen molar-refractivity contribution >= 4 is 5.97 Å². The van der Waals surface area contributed by atoms with Gasteiger partial charge >= 0.3 is 5.97 Å². The number of carboxylic acids is 1. The molecule has 2 fully saturated rings. The molecule has 0 amide bonds. The number of hydrogen-bond acceptors (Lipinski definition) is 5. The number of carboxylic acid groups (broad SMARTS) is 1. The third kappa shape index (κ3) is 6.30. The predicted octanol–water partition coefficient (Wildman–Crippen LogP) is -0.380. The van der Waals surface area contributed by atoms with Gasteiger partial charge in [0.25, 0.3) is 0 Å². The zero-order valence-corrected chi connectivity index (χ0v) is 13.3. The summed E-state index contributed by atoms with van der Waals surface area (Å²) in [5, 5.41) is 11.7. The smallest absolute Gasteiger partial charge is 0.317 e. The van der Waals surface area contributed by atoms with Crippen molar-refractivity contribution in [2.45, 2.75) is 12.8 Å². The van der Waals surface area contributed by atoms with Crippen LogP contribution in [0.25, 0.3) is 0 Å².